The van der Waals surface area contributed by atoms with Crippen LogP contribution in [0.15, 0.2) is 54.6 Å². The van der Waals surface area contributed by atoms with E-state index in [0.29, 0.717) is 28.6 Å². The summed E-state index contributed by atoms with van der Waals surface area (Å²) in [5, 5.41) is 16.1. The Morgan fingerprint density at radius 1 is 0.629 bits per heavy atom. The molecule has 5 N–H and O–H groups in total. The summed E-state index contributed by atoms with van der Waals surface area (Å²) in [6.45, 7) is 13.9. The van der Waals surface area contributed by atoms with E-state index in [1.54, 1.807) is 39.0 Å². The first-order chi connectivity index (χ1) is 26.7. The molecule has 0 fully saturated rings. The van der Waals surface area contributed by atoms with Gasteiger partial charge in [-0.2, -0.15) is 0 Å². The Morgan fingerprint density at radius 2 is 1.00 bits per heavy atom. The van der Waals surface area contributed by atoms with Crippen molar-refractivity contribution in [3.05, 3.63) is 54.6 Å². The number of nitrogens with two attached hydrogens (primary N) is 1. The molecule has 2 amide bonds. The molecule has 3 aromatic carbocycles. The topological polar surface area (TPSA) is 187 Å². The molecule has 0 bridgehead atoms. The van der Waals surface area contributed by atoms with Gasteiger partial charge < -0.3 is 39.6 Å². The molecule has 6 aromatic rings. The maximum atomic E-state index is 11.8. The number of likely N-dealkylation sites (N-methyl/N-ethyl adjacent to an activating group) is 2. The second-order valence-electron chi connectivity index (χ2n) is 15.1. The van der Waals surface area contributed by atoms with Gasteiger partial charge in [0.25, 0.3) is 0 Å². The molecule has 62 heavy (non-hydrogen) atoms. The number of nitrogen functional groups attached to an aromatic ring is 1. The molecule has 0 aliphatic carbocycles. The highest BCUT2D eigenvalue weighted by molar-refractivity contribution is 7.23. The molecule has 0 radical (unpaired) electrons. The monoisotopic (exact) mass is 960 g/mol. The molecule has 0 unspecified atom stereocenters. The average molecular weight is 962 g/mol. The Kier molecular flexibility index (Phi) is 25.9. The number of aromatic hydroxyl groups is 1. The van der Waals surface area contributed by atoms with Crippen molar-refractivity contribution in [2.24, 2.45) is 0 Å². The van der Waals surface area contributed by atoms with E-state index in [2.05, 4.69) is 35.4 Å². The van der Waals surface area contributed by atoms with Gasteiger partial charge in [-0.3, -0.25) is 10.6 Å². The van der Waals surface area contributed by atoms with E-state index in [1.165, 1.54) is 34.0 Å². The van der Waals surface area contributed by atoms with Crippen molar-refractivity contribution in [1.29, 1.82) is 0 Å². The molecular weight excluding hydrogens is 896 g/mol. The minimum Gasteiger partial charge on any atom is -0.508 e. The predicted octanol–water partition coefficient (Wildman–Crippen LogP) is 11.5. The first-order valence-electron chi connectivity index (χ1n) is 17.9. The zero-order valence-corrected chi connectivity index (χ0v) is 38.9. The number of benzene rings is 3. The van der Waals surface area contributed by atoms with Gasteiger partial charge in [0.2, 0.25) is 0 Å². The summed E-state index contributed by atoms with van der Waals surface area (Å²) in [5.74, 6) is 1.85. The average Bonchev–Trinajstić information content (AvgIpc) is 3.77. The molecule has 3 aromatic heterocycles. The smallest absolute Gasteiger partial charge is 0.413 e. The summed E-state index contributed by atoms with van der Waals surface area (Å²) in [4.78, 5) is 40.3. The minimum absolute atomic E-state index is 0. The Balaban J connectivity index is 0. The highest BCUT2D eigenvalue weighted by Crippen LogP contribution is 2.31. The standard InChI is InChI=1S/C16H23N3O3S.C12H14N2O3S.C11H15N3OS.3CH4.2ClH/c1-16(2,3)22-15(20)18-14-17-12-7-6-11(10-13(12)23-14)21-9-8-19(4)5;1-12(2,3)17-11(16)14-10-13-8-5-4-7(15)6-9(8)18-10;1-14(2)5-6-15-8-3-4-9-10(7-8)16-11(12)13-9;;;;;/h6-7,10H,8-9H2,1-5H3,(H,17,18,20);4-6,15H,1-3H3,(H,13,14,16);3-4,7H,5-6H2,1-2H3,(H2,12,13);3*1H4;2*1H. The molecule has 0 aliphatic rings. The van der Waals surface area contributed by atoms with E-state index in [4.69, 9.17) is 24.7 Å². The van der Waals surface area contributed by atoms with Crippen LogP contribution in [0, 0.1) is 0 Å². The van der Waals surface area contributed by atoms with Crippen molar-refractivity contribution in [3.8, 4) is 17.2 Å². The number of thiazole rings is 3. The highest BCUT2D eigenvalue weighted by atomic mass is 35.5. The van der Waals surface area contributed by atoms with Crippen LogP contribution in [0.2, 0.25) is 0 Å². The third kappa shape index (κ3) is 21.1. The lowest BCUT2D eigenvalue weighted by Gasteiger charge is -2.18. The maximum absolute atomic E-state index is 11.8. The number of halogens is 2. The molecule has 3 heterocycles. The largest absolute Gasteiger partial charge is 0.508 e. The third-order valence-electron chi connectivity index (χ3n) is 6.94. The number of nitrogens with one attached hydrogen (secondary N) is 2. The van der Waals surface area contributed by atoms with Crippen LogP contribution in [0.5, 0.6) is 17.2 Å². The molecule has 0 atom stereocenters. The van der Waals surface area contributed by atoms with Crippen molar-refractivity contribution < 1.29 is 33.6 Å². The van der Waals surface area contributed by atoms with Crippen molar-refractivity contribution in [3.63, 3.8) is 0 Å². The lowest BCUT2D eigenvalue weighted by atomic mass is 10.2. The lowest BCUT2D eigenvalue weighted by molar-refractivity contribution is 0.0624. The van der Waals surface area contributed by atoms with Gasteiger partial charge in [-0.15, -0.1) is 24.8 Å². The zero-order chi connectivity index (χ0) is 41.9. The van der Waals surface area contributed by atoms with Crippen LogP contribution in [-0.2, 0) is 9.47 Å². The summed E-state index contributed by atoms with van der Waals surface area (Å²) in [5.41, 5.74) is 7.04. The van der Waals surface area contributed by atoms with Crippen LogP contribution in [-0.4, -0.2) is 108 Å². The van der Waals surface area contributed by atoms with Gasteiger partial charge >= 0.3 is 12.2 Å². The van der Waals surface area contributed by atoms with Crippen LogP contribution in [0.4, 0.5) is 25.0 Å². The molecule has 6 rings (SSSR count). The zero-order valence-electron chi connectivity index (χ0n) is 34.8. The number of hydrogen-bond donors (Lipinski definition) is 4. The fourth-order valence-corrected chi connectivity index (χ4v) is 7.03. The first kappa shape index (κ1) is 59.7. The van der Waals surface area contributed by atoms with Crippen LogP contribution >= 0.6 is 58.8 Å². The van der Waals surface area contributed by atoms with Crippen molar-refractivity contribution >= 4 is 117 Å². The van der Waals surface area contributed by atoms with E-state index in [9.17, 15) is 14.7 Å². The normalized spacial score (nSPS) is 10.6. The Hall–Kier alpha value is -4.43. The second-order valence-corrected chi connectivity index (χ2v) is 18.2. The number of carbonyl (C=O) groups is 2. The quantitative estimate of drug-likeness (QED) is 0.102. The number of nitrogens with zero attached hydrogens (tertiary/aromatic N) is 5. The number of phenolic OH excluding ortho intramolecular Hbond substituents is 1. The molecule has 15 nitrogen and oxygen atoms in total. The molecule has 0 saturated carbocycles. The minimum atomic E-state index is -0.543. The first-order valence-corrected chi connectivity index (χ1v) is 20.4. The van der Waals surface area contributed by atoms with Gasteiger partial charge in [-0.1, -0.05) is 56.3 Å². The highest BCUT2D eigenvalue weighted by Gasteiger charge is 2.19. The van der Waals surface area contributed by atoms with Crippen molar-refractivity contribution in [2.75, 3.05) is 70.9 Å². The molecule has 0 spiro atoms. The molecule has 20 heteroatoms. The molecule has 0 aliphatic heterocycles. The molecular formula is C42H66Cl2N8O7S3. The van der Waals surface area contributed by atoms with E-state index < -0.39 is 23.4 Å². The lowest BCUT2D eigenvalue weighted by Crippen LogP contribution is -2.27. The Bertz CT molecular complexity index is 2250. The van der Waals surface area contributed by atoms with Crippen molar-refractivity contribution in [2.45, 2.75) is 75.0 Å². The van der Waals surface area contributed by atoms with Crippen LogP contribution in [0.3, 0.4) is 0 Å². The fraction of sp³-hybridized carbons (Fsp3) is 0.452. The number of phenols is 1. The van der Waals surface area contributed by atoms with Gasteiger partial charge in [-0.25, -0.2) is 24.5 Å². The summed E-state index contributed by atoms with van der Waals surface area (Å²) in [6.07, 6.45) is -1.04. The number of anilines is 3. The number of fused-ring (bicyclic) bond motifs is 3. The van der Waals surface area contributed by atoms with Gasteiger partial charge in [0.05, 0.1) is 30.6 Å². The van der Waals surface area contributed by atoms with Crippen molar-refractivity contribution in [1.82, 2.24) is 24.8 Å². The number of ether oxygens (including phenoxy) is 4. The Labute approximate surface area is 391 Å². The summed E-state index contributed by atoms with van der Waals surface area (Å²) in [6, 6.07) is 16.4. The molecule has 0 saturated heterocycles. The van der Waals surface area contributed by atoms with E-state index in [0.717, 1.165) is 55.2 Å². The summed E-state index contributed by atoms with van der Waals surface area (Å²) < 4.78 is 24.5. The van der Waals surface area contributed by atoms with E-state index >= 15 is 0 Å². The number of rotatable bonds is 10. The van der Waals surface area contributed by atoms with E-state index in [1.807, 2.05) is 85.4 Å². The second kappa shape index (κ2) is 26.9. The predicted molar refractivity (Wildman–Crippen MR) is 267 cm³/mol. The summed E-state index contributed by atoms with van der Waals surface area (Å²) >= 11 is 4.16. The maximum Gasteiger partial charge on any atom is 0.413 e. The SMILES string of the molecule is C.C.C.CC(C)(C)OC(=O)Nc1nc2ccc(O)cc2s1.CN(C)CCOc1ccc2nc(N)sc2c1.CN(C)CCOc1ccc2nc(NC(=O)OC(C)(C)C)sc2c1.Cl.Cl. The van der Waals surface area contributed by atoms with Gasteiger partial charge in [-0.05, 0) is 124 Å². The van der Waals surface area contributed by atoms with Crippen LogP contribution < -0.4 is 25.8 Å². The van der Waals surface area contributed by atoms with Gasteiger partial charge in [0, 0.05) is 13.1 Å². The summed E-state index contributed by atoms with van der Waals surface area (Å²) in [7, 11) is 8.06. The number of amides is 2. The number of carbonyl (C=O) groups excluding carboxylic acids is 2. The molecule has 348 valence electrons. The van der Waals surface area contributed by atoms with Gasteiger partial charge in [0.15, 0.2) is 15.4 Å². The van der Waals surface area contributed by atoms with E-state index in [-0.39, 0.29) is 52.8 Å². The fourth-order valence-electron chi connectivity index (χ4n) is 4.50. The number of hydrogen-bond acceptors (Lipinski definition) is 16. The third-order valence-corrected chi connectivity index (χ3v) is 9.65. The Morgan fingerprint density at radius 3 is 1.40 bits per heavy atom. The number of aromatic nitrogens is 3. The van der Waals surface area contributed by atoms with Crippen LogP contribution in [0.25, 0.3) is 30.6 Å². The van der Waals surface area contributed by atoms with Gasteiger partial charge in [0.1, 0.15) is 41.7 Å². The van der Waals surface area contributed by atoms with Crippen LogP contribution in [0.1, 0.15) is 63.8 Å².